The second-order valence-corrected chi connectivity index (χ2v) is 14.0. The molecule has 0 spiro atoms. The maximum atomic E-state index is 15.5. The summed E-state index contributed by atoms with van der Waals surface area (Å²) >= 11 is 12.7. The van der Waals surface area contributed by atoms with E-state index < -0.39 is 46.5 Å². The van der Waals surface area contributed by atoms with E-state index in [1.807, 2.05) is 0 Å². The third-order valence-electron chi connectivity index (χ3n) is 10.7. The van der Waals surface area contributed by atoms with Crippen molar-refractivity contribution in [2.24, 2.45) is 5.92 Å². The highest BCUT2D eigenvalue weighted by Crippen LogP contribution is 2.64. The Labute approximate surface area is 318 Å². The van der Waals surface area contributed by atoms with Gasteiger partial charge in [-0.05, 0) is 60.0 Å². The number of carbonyl (C=O) groups is 2. The monoisotopic (exact) mass is 769 g/mol. The van der Waals surface area contributed by atoms with E-state index in [2.05, 4.69) is 5.43 Å². The second kappa shape index (κ2) is 13.2. The van der Waals surface area contributed by atoms with Gasteiger partial charge in [-0.25, -0.2) is 23.5 Å². The number of para-hydroxylation sites is 1. The number of imide groups is 1. The van der Waals surface area contributed by atoms with Crippen LogP contribution in [0.15, 0.2) is 106 Å². The number of nitrogens with one attached hydrogen (secondary N) is 1. The molecule has 2 amide bonds. The molecule has 8 rings (SSSR count). The van der Waals surface area contributed by atoms with Crippen LogP contribution in [0, 0.1) is 5.92 Å². The number of allylic oxidation sites excluding steroid dienone is 2. The number of amides is 2. The molecule has 4 atom stereocenters. The molecule has 13 nitrogen and oxygen atoms in total. The van der Waals surface area contributed by atoms with E-state index in [-0.39, 0.29) is 46.5 Å². The second-order valence-electron chi connectivity index (χ2n) is 13.2. The Morgan fingerprint density at radius 1 is 0.833 bits per heavy atom. The van der Waals surface area contributed by atoms with Gasteiger partial charge in [0.05, 0.1) is 61.6 Å². The zero-order chi connectivity index (χ0) is 38.1. The fourth-order valence-electron chi connectivity index (χ4n) is 8.38. The van der Waals surface area contributed by atoms with Crippen LogP contribution >= 0.6 is 23.2 Å². The topological polar surface area (TPSA) is 146 Å². The minimum absolute atomic E-state index is 0.0384. The normalized spacial score (nSPS) is 21.5. The van der Waals surface area contributed by atoms with Gasteiger partial charge in [0, 0.05) is 28.6 Å². The molecule has 1 saturated carbocycles. The summed E-state index contributed by atoms with van der Waals surface area (Å²) in [4.78, 5) is 58.8. The van der Waals surface area contributed by atoms with Gasteiger partial charge in [0.25, 0.3) is 11.8 Å². The van der Waals surface area contributed by atoms with Crippen LogP contribution in [0.2, 0.25) is 10.0 Å². The number of halogens is 2. The third kappa shape index (κ3) is 5.06. The molecule has 2 fully saturated rings. The summed E-state index contributed by atoms with van der Waals surface area (Å²) in [5.41, 5.74) is 1.79. The van der Waals surface area contributed by atoms with Crippen molar-refractivity contribution in [1.82, 2.24) is 18.9 Å². The number of hydrazine groups is 1. The fraction of sp³-hybridized carbons (Fsp3) is 0.231. The molecule has 0 bridgehead atoms. The maximum Gasteiger partial charge on any atom is 0.352 e. The van der Waals surface area contributed by atoms with Crippen molar-refractivity contribution in [3.63, 3.8) is 0 Å². The van der Waals surface area contributed by atoms with E-state index >= 15 is 4.79 Å². The number of nitrogens with zero attached hydrogens (tertiary/aromatic N) is 4. The SMILES string of the molecule is COc1ccc(C23C(=O)N(Nc4ccc(Cl)cc4Cl)C(=O)C2CC2C(=CCn4c(=O)n(-c5ccccc5)c(=O)n42)C3c2c(O)cc(OC)cc2OC)cc1. The molecule has 3 aliphatic rings. The van der Waals surface area contributed by atoms with Crippen molar-refractivity contribution >= 4 is 40.7 Å². The van der Waals surface area contributed by atoms with Crippen LogP contribution in [0.25, 0.3) is 5.69 Å². The smallest absolute Gasteiger partial charge is 0.352 e. The summed E-state index contributed by atoms with van der Waals surface area (Å²) in [5, 5.41) is 13.4. The number of rotatable bonds is 8. The Morgan fingerprint density at radius 3 is 2.22 bits per heavy atom. The van der Waals surface area contributed by atoms with Crippen molar-refractivity contribution in [1.29, 1.82) is 0 Å². The number of anilines is 1. The number of methoxy groups -OCH3 is 3. The van der Waals surface area contributed by atoms with E-state index in [4.69, 9.17) is 37.4 Å². The molecule has 2 aliphatic heterocycles. The van der Waals surface area contributed by atoms with Crippen molar-refractivity contribution in [2.75, 3.05) is 26.8 Å². The third-order valence-corrected chi connectivity index (χ3v) is 11.2. The summed E-state index contributed by atoms with van der Waals surface area (Å²) in [6.07, 6.45) is 1.73. The molecule has 2 N–H and O–H groups in total. The van der Waals surface area contributed by atoms with Gasteiger partial charge in [0.15, 0.2) is 0 Å². The maximum absolute atomic E-state index is 15.5. The lowest BCUT2D eigenvalue weighted by atomic mass is 9.53. The van der Waals surface area contributed by atoms with Crippen LogP contribution in [0.3, 0.4) is 0 Å². The number of benzene rings is 4. The number of aromatic hydroxyl groups is 1. The summed E-state index contributed by atoms with van der Waals surface area (Å²) in [5.74, 6) is -2.85. The van der Waals surface area contributed by atoms with E-state index in [1.54, 1.807) is 78.9 Å². The molecule has 1 aromatic heterocycles. The predicted octanol–water partition coefficient (Wildman–Crippen LogP) is 5.46. The van der Waals surface area contributed by atoms with Gasteiger partial charge in [-0.15, -0.1) is 0 Å². The molecule has 1 aliphatic carbocycles. The number of ether oxygens (including phenoxy) is 3. The van der Waals surface area contributed by atoms with Gasteiger partial charge >= 0.3 is 11.4 Å². The Bertz CT molecular complexity index is 2490. The van der Waals surface area contributed by atoms with Crippen molar-refractivity contribution in [3.8, 4) is 28.7 Å². The minimum Gasteiger partial charge on any atom is -0.507 e. The average Bonchev–Trinajstić information content (AvgIpc) is 3.56. The highest BCUT2D eigenvalue weighted by molar-refractivity contribution is 6.36. The minimum atomic E-state index is -1.75. The van der Waals surface area contributed by atoms with Crippen LogP contribution in [0.1, 0.15) is 29.5 Å². The number of phenols is 1. The van der Waals surface area contributed by atoms with Gasteiger partial charge in [-0.2, -0.15) is 5.01 Å². The standard InChI is InChI=1S/C39H33Cl2N5O8/c1-52-24-12-9-21(10-13-24)39-27(35(48)45(36(39)49)42-29-14-11-22(40)17-28(29)41)20-30-26(34(39)33-31(47)18-25(53-2)19-32(33)54-3)15-16-43-37(50)44(38(51)46(30)43)23-7-5-4-6-8-23/h4-15,17-19,27,30,34,42,47H,16,20H2,1-3H3. The van der Waals surface area contributed by atoms with E-state index in [1.165, 1.54) is 42.8 Å². The lowest BCUT2D eigenvalue weighted by Crippen LogP contribution is -2.53. The number of hydrogen-bond donors (Lipinski definition) is 2. The zero-order valence-corrected chi connectivity index (χ0v) is 30.7. The molecular formula is C39H33Cl2N5O8. The molecule has 15 heteroatoms. The lowest BCUT2D eigenvalue weighted by molar-refractivity contribution is -0.138. The van der Waals surface area contributed by atoms with E-state index in [0.717, 1.165) is 9.58 Å². The molecule has 54 heavy (non-hydrogen) atoms. The predicted molar refractivity (Wildman–Crippen MR) is 200 cm³/mol. The Morgan fingerprint density at radius 2 is 1.56 bits per heavy atom. The van der Waals surface area contributed by atoms with Crippen molar-refractivity contribution in [3.05, 3.63) is 139 Å². The molecule has 276 valence electrons. The van der Waals surface area contributed by atoms with E-state index in [9.17, 15) is 19.5 Å². The highest BCUT2D eigenvalue weighted by Gasteiger charge is 2.69. The Hall–Kier alpha value is -5.92. The molecule has 1 saturated heterocycles. The first kappa shape index (κ1) is 35.1. The molecule has 3 heterocycles. The summed E-state index contributed by atoms with van der Waals surface area (Å²) in [7, 11) is 4.38. The fourth-order valence-corrected chi connectivity index (χ4v) is 8.83. The molecular weight excluding hydrogens is 737 g/mol. The quantitative estimate of drug-likeness (QED) is 0.155. The number of fused-ring (bicyclic) bond motifs is 4. The molecule has 4 aromatic carbocycles. The van der Waals surface area contributed by atoms with Crippen LogP contribution in [0.5, 0.6) is 23.0 Å². The lowest BCUT2D eigenvalue weighted by Gasteiger charge is -2.49. The highest BCUT2D eigenvalue weighted by atomic mass is 35.5. The van der Waals surface area contributed by atoms with Gasteiger partial charge in [0.2, 0.25) is 0 Å². The largest absolute Gasteiger partial charge is 0.507 e. The van der Waals surface area contributed by atoms with Crippen LogP contribution in [-0.4, -0.2) is 57.2 Å². The van der Waals surface area contributed by atoms with Crippen LogP contribution in [0.4, 0.5) is 5.69 Å². The Balaban J connectivity index is 1.42. The summed E-state index contributed by atoms with van der Waals surface area (Å²) in [6, 6.07) is 22.0. The summed E-state index contributed by atoms with van der Waals surface area (Å²) < 4.78 is 20.6. The molecule has 0 radical (unpaired) electrons. The first-order chi connectivity index (χ1) is 26.0. The van der Waals surface area contributed by atoms with Crippen LogP contribution < -0.4 is 31.0 Å². The van der Waals surface area contributed by atoms with Crippen molar-refractivity contribution in [2.45, 2.75) is 30.3 Å². The summed E-state index contributed by atoms with van der Waals surface area (Å²) in [6.45, 7) is -0.0384. The van der Waals surface area contributed by atoms with Gasteiger partial charge in [-0.1, -0.05) is 59.6 Å². The first-order valence-electron chi connectivity index (χ1n) is 16.9. The number of hydrogen-bond acceptors (Lipinski definition) is 9. The number of aromatic nitrogens is 3. The molecule has 4 unspecified atom stereocenters. The van der Waals surface area contributed by atoms with Gasteiger partial charge in [0.1, 0.15) is 23.0 Å². The Kier molecular flexibility index (Phi) is 8.58. The van der Waals surface area contributed by atoms with E-state index in [0.29, 0.717) is 27.6 Å². The van der Waals surface area contributed by atoms with Crippen molar-refractivity contribution < 1.29 is 28.9 Å². The number of carbonyl (C=O) groups excluding carboxylic acids is 2. The first-order valence-corrected chi connectivity index (χ1v) is 17.7. The van der Waals surface area contributed by atoms with Gasteiger partial charge < -0.3 is 19.3 Å². The zero-order valence-electron chi connectivity index (χ0n) is 29.2. The average molecular weight is 771 g/mol. The van der Waals surface area contributed by atoms with Crippen LogP contribution in [-0.2, 0) is 21.5 Å². The number of phenolic OH excluding ortho intramolecular Hbond substituents is 1. The van der Waals surface area contributed by atoms with Gasteiger partial charge in [-0.3, -0.25) is 15.0 Å². The molecule has 5 aromatic rings.